The summed E-state index contributed by atoms with van der Waals surface area (Å²) >= 11 is 7.04. The second-order valence-electron chi connectivity index (χ2n) is 3.63. The summed E-state index contributed by atoms with van der Waals surface area (Å²) in [7, 11) is -1.73. The number of nitrogens with zero attached hydrogens (tertiary/aromatic N) is 2. The van der Waals surface area contributed by atoms with Crippen molar-refractivity contribution in [3.8, 4) is 0 Å². The van der Waals surface area contributed by atoms with Crippen LogP contribution in [0.2, 0.25) is 0 Å². The Balaban J connectivity index is 2.80. The van der Waals surface area contributed by atoms with E-state index in [0.29, 0.717) is 6.54 Å². The highest BCUT2D eigenvalue weighted by Gasteiger charge is 2.25. The molecule has 1 atom stereocenters. The van der Waals surface area contributed by atoms with Crippen molar-refractivity contribution in [2.75, 3.05) is 12.9 Å². The zero-order valence-electron chi connectivity index (χ0n) is 9.47. The lowest BCUT2D eigenvalue weighted by Crippen LogP contribution is -2.35. The lowest BCUT2D eigenvalue weighted by molar-refractivity contribution is 0.462. The monoisotopic (exact) mass is 282 g/mol. The number of alkyl halides is 1. The lowest BCUT2D eigenvalue weighted by atomic mass is 10.4. The highest BCUT2D eigenvalue weighted by atomic mass is 35.5. The fraction of sp³-hybridized carbons (Fsp3) is 0.667. The van der Waals surface area contributed by atoms with E-state index >= 15 is 0 Å². The third-order valence-electron chi connectivity index (χ3n) is 2.37. The first kappa shape index (κ1) is 13.9. The Morgan fingerprint density at radius 1 is 1.62 bits per heavy atom. The van der Waals surface area contributed by atoms with Crippen molar-refractivity contribution in [1.29, 1.82) is 0 Å². The van der Waals surface area contributed by atoms with E-state index < -0.39 is 15.3 Å². The van der Waals surface area contributed by atoms with Gasteiger partial charge >= 0.3 is 0 Å². The molecule has 0 spiro atoms. The second-order valence-corrected chi connectivity index (χ2v) is 7.33. The fourth-order valence-corrected chi connectivity index (χ4v) is 3.63. The SMILES string of the molecule is Cc1ncsc1CN(C)S(=O)(=O)C(C)CCl. The van der Waals surface area contributed by atoms with Gasteiger partial charge in [0.05, 0.1) is 16.5 Å². The summed E-state index contributed by atoms with van der Waals surface area (Å²) in [5.74, 6) is 0.106. The first-order chi connectivity index (χ1) is 7.39. The van der Waals surface area contributed by atoms with Gasteiger partial charge in [0, 0.05) is 24.3 Å². The van der Waals surface area contributed by atoms with Gasteiger partial charge in [-0.15, -0.1) is 22.9 Å². The standard InChI is InChI=1S/C9H15ClN2O2S2/c1-7(4-10)16(13,14)12(3)5-9-8(2)11-6-15-9/h6-7H,4-5H2,1-3H3. The summed E-state index contributed by atoms with van der Waals surface area (Å²) < 4.78 is 25.2. The van der Waals surface area contributed by atoms with Gasteiger partial charge in [0.2, 0.25) is 10.0 Å². The van der Waals surface area contributed by atoms with Crippen LogP contribution in [0.25, 0.3) is 0 Å². The number of sulfonamides is 1. The smallest absolute Gasteiger partial charge is 0.217 e. The van der Waals surface area contributed by atoms with Crippen LogP contribution < -0.4 is 0 Å². The predicted molar refractivity (Wildman–Crippen MR) is 67.4 cm³/mol. The Bertz CT molecular complexity index is 444. The van der Waals surface area contributed by atoms with Gasteiger partial charge in [-0.25, -0.2) is 13.4 Å². The summed E-state index contributed by atoms with van der Waals surface area (Å²) in [5.41, 5.74) is 2.60. The van der Waals surface area contributed by atoms with Gasteiger partial charge in [-0.3, -0.25) is 0 Å². The van der Waals surface area contributed by atoms with E-state index in [0.717, 1.165) is 10.6 Å². The van der Waals surface area contributed by atoms with Crippen molar-refractivity contribution in [3.05, 3.63) is 16.1 Å². The van der Waals surface area contributed by atoms with Gasteiger partial charge in [0.15, 0.2) is 0 Å². The molecule has 1 aromatic rings. The van der Waals surface area contributed by atoms with Crippen LogP contribution in [0.5, 0.6) is 0 Å². The fourth-order valence-electron chi connectivity index (χ4n) is 1.16. The molecule has 1 rings (SSSR count). The van der Waals surface area contributed by atoms with Crippen LogP contribution in [0.4, 0.5) is 0 Å². The Labute approximate surface area is 105 Å². The average Bonchev–Trinajstić information content (AvgIpc) is 2.63. The molecule has 0 aliphatic rings. The molecule has 0 radical (unpaired) electrons. The number of halogens is 1. The third-order valence-corrected chi connectivity index (χ3v) is 6.12. The van der Waals surface area contributed by atoms with Gasteiger partial charge in [-0.2, -0.15) is 4.31 Å². The molecule has 0 N–H and O–H groups in total. The molecule has 1 unspecified atom stereocenters. The Morgan fingerprint density at radius 2 is 2.25 bits per heavy atom. The normalized spacial score (nSPS) is 14.3. The van der Waals surface area contributed by atoms with Crippen molar-refractivity contribution in [2.45, 2.75) is 25.6 Å². The van der Waals surface area contributed by atoms with Crippen LogP contribution in [-0.4, -0.2) is 35.9 Å². The van der Waals surface area contributed by atoms with E-state index in [1.165, 1.54) is 15.6 Å². The maximum atomic E-state index is 11.9. The summed E-state index contributed by atoms with van der Waals surface area (Å²) in [6.45, 7) is 3.84. The van der Waals surface area contributed by atoms with Crippen molar-refractivity contribution in [1.82, 2.24) is 9.29 Å². The largest absolute Gasteiger partial charge is 0.250 e. The first-order valence-corrected chi connectivity index (χ1v) is 7.71. The van der Waals surface area contributed by atoms with E-state index in [1.54, 1.807) is 19.5 Å². The second kappa shape index (κ2) is 5.44. The van der Waals surface area contributed by atoms with Gasteiger partial charge in [-0.1, -0.05) is 0 Å². The molecule has 1 aromatic heterocycles. The molecule has 0 aliphatic heterocycles. The molecule has 0 fully saturated rings. The minimum atomic E-state index is -3.30. The van der Waals surface area contributed by atoms with Crippen LogP contribution in [-0.2, 0) is 16.6 Å². The van der Waals surface area contributed by atoms with E-state index in [2.05, 4.69) is 4.98 Å². The Hall–Kier alpha value is -0.170. The highest BCUT2D eigenvalue weighted by Crippen LogP contribution is 2.18. The van der Waals surface area contributed by atoms with Crippen LogP contribution in [0.1, 0.15) is 17.5 Å². The van der Waals surface area contributed by atoms with Crippen molar-refractivity contribution in [3.63, 3.8) is 0 Å². The van der Waals surface area contributed by atoms with Crippen LogP contribution in [0, 0.1) is 6.92 Å². The van der Waals surface area contributed by atoms with E-state index in [4.69, 9.17) is 11.6 Å². The maximum absolute atomic E-state index is 11.9. The highest BCUT2D eigenvalue weighted by molar-refractivity contribution is 7.89. The minimum absolute atomic E-state index is 0.106. The van der Waals surface area contributed by atoms with Crippen LogP contribution >= 0.6 is 22.9 Å². The Kier molecular flexibility index (Phi) is 4.73. The molecule has 92 valence electrons. The van der Waals surface area contributed by atoms with E-state index in [1.807, 2.05) is 6.92 Å². The number of aromatic nitrogens is 1. The Morgan fingerprint density at radius 3 is 2.69 bits per heavy atom. The molecular formula is C9H15ClN2O2S2. The average molecular weight is 283 g/mol. The number of hydrogen-bond acceptors (Lipinski definition) is 4. The number of rotatable bonds is 5. The molecule has 1 heterocycles. The van der Waals surface area contributed by atoms with Crippen molar-refractivity contribution in [2.24, 2.45) is 0 Å². The maximum Gasteiger partial charge on any atom is 0.217 e. The zero-order chi connectivity index (χ0) is 12.3. The summed E-state index contributed by atoms with van der Waals surface area (Å²) in [6.07, 6.45) is 0. The first-order valence-electron chi connectivity index (χ1n) is 4.79. The van der Waals surface area contributed by atoms with Crippen molar-refractivity contribution >= 4 is 33.0 Å². The van der Waals surface area contributed by atoms with Crippen LogP contribution in [0.3, 0.4) is 0 Å². The van der Waals surface area contributed by atoms with E-state index in [9.17, 15) is 8.42 Å². The number of aryl methyl sites for hydroxylation is 1. The van der Waals surface area contributed by atoms with Crippen molar-refractivity contribution < 1.29 is 8.42 Å². The van der Waals surface area contributed by atoms with Gasteiger partial charge in [0.1, 0.15) is 0 Å². The number of hydrogen-bond donors (Lipinski definition) is 0. The summed E-state index contributed by atoms with van der Waals surface area (Å²) in [5, 5.41) is -0.563. The quantitative estimate of drug-likeness (QED) is 0.775. The predicted octanol–water partition coefficient (Wildman–Crippen LogP) is 1.84. The topological polar surface area (TPSA) is 50.3 Å². The molecule has 0 bridgehead atoms. The zero-order valence-corrected chi connectivity index (χ0v) is 11.9. The minimum Gasteiger partial charge on any atom is -0.250 e. The molecule has 0 aromatic carbocycles. The molecular weight excluding hydrogens is 268 g/mol. The summed E-state index contributed by atoms with van der Waals surface area (Å²) in [6, 6.07) is 0. The third kappa shape index (κ3) is 2.94. The molecule has 7 heteroatoms. The van der Waals surface area contributed by atoms with Gasteiger partial charge < -0.3 is 0 Å². The molecule has 0 saturated heterocycles. The molecule has 0 aliphatic carbocycles. The number of thiazole rings is 1. The molecule has 0 amide bonds. The van der Waals surface area contributed by atoms with Gasteiger partial charge in [0.25, 0.3) is 0 Å². The summed E-state index contributed by atoms with van der Waals surface area (Å²) in [4.78, 5) is 5.05. The van der Waals surface area contributed by atoms with Gasteiger partial charge in [-0.05, 0) is 13.8 Å². The molecule has 4 nitrogen and oxygen atoms in total. The molecule has 0 saturated carbocycles. The van der Waals surface area contributed by atoms with Crippen LogP contribution in [0.15, 0.2) is 5.51 Å². The van der Waals surface area contributed by atoms with E-state index in [-0.39, 0.29) is 5.88 Å². The molecule has 16 heavy (non-hydrogen) atoms. The lowest BCUT2D eigenvalue weighted by Gasteiger charge is -2.20.